The molecule has 3 rings (SSSR count). The first kappa shape index (κ1) is 17.3. The van der Waals surface area contributed by atoms with Gasteiger partial charge in [0.15, 0.2) is 5.82 Å². The van der Waals surface area contributed by atoms with Crippen molar-refractivity contribution in [3.8, 4) is 0 Å². The molecular weight excluding hydrogens is 320 g/mol. The first-order valence-electron chi connectivity index (χ1n) is 8.64. The van der Waals surface area contributed by atoms with E-state index in [0.717, 1.165) is 37.4 Å². The molecule has 1 amide bonds. The Morgan fingerprint density at radius 1 is 1.48 bits per heavy atom. The highest BCUT2D eigenvalue weighted by atomic mass is 16.5. The van der Waals surface area contributed by atoms with E-state index < -0.39 is 0 Å². The maximum absolute atomic E-state index is 12.1. The molecule has 0 bridgehead atoms. The van der Waals surface area contributed by atoms with Crippen LogP contribution in [0.2, 0.25) is 0 Å². The summed E-state index contributed by atoms with van der Waals surface area (Å²) in [5, 5.41) is 18.1. The maximum Gasteiger partial charge on any atom is 0.240 e. The molecular formula is C17H24N6O2. The van der Waals surface area contributed by atoms with Crippen molar-refractivity contribution >= 4 is 17.6 Å². The Kier molecular flexibility index (Phi) is 5.60. The van der Waals surface area contributed by atoms with Crippen LogP contribution in [0.4, 0.5) is 11.7 Å². The molecule has 1 aliphatic heterocycles. The predicted octanol–water partition coefficient (Wildman–Crippen LogP) is 1.79. The minimum Gasteiger partial charge on any atom is -0.354 e. The van der Waals surface area contributed by atoms with Crippen LogP contribution in [-0.4, -0.2) is 46.9 Å². The van der Waals surface area contributed by atoms with Gasteiger partial charge in [0, 0.05) is 31.4 Å². The van der Waals surface area contributed by atoms with Crippen molar-refractivity contribution in [2.24, 2.45) is 0 Å². The zero-order valence-corrected chi connectivity index (χ0v) is 14.6. The molecule has 0 aliphatic carbocycles. The van der Waals surface area contributed by atoms with Gasteiger partial charge in [0.1, 0.15) is 0 Å². The molecule has 8 nitrogen and oxygen atoms in total. The van der Waals surface area contributed by atoms with Gasteiger partial charge in [-0.1, -0.05) is 19.0 Å². The lowest BCUT2D eigenvalue weighted by atomic mass is 10.1. The van der Waals surface area contributed by atoms with Gasteiger partial charge in [0.05, 0.1) is 12.2 Å². The fourth-order valence-corrected chi connectivity index (χ4v) is 2.85. The fraction of sp³-hybridized carbons (Fsp3) is 0.529. The number of hydrogen-bond acceptors (Lipinski definition) is 7. The van der Waals surface area contributed by atoms with Gasteiger partial charge in [-0.3, -0.25) is 10.1 Å². The first-order chi connectivity index (χ1) is 12.1. The van der Waals surface area contributed by atoms with Gasteiger partial charge in [-0.05, 0) is 30.9 Å². The van der Waals surface area contributed by atoms with Crippen LogP contribution in [0.15, 0.2) is 28.9 Å². The van der Waals surface area contributed by atoms with Crippen molar-refractivity contribution in [3.05, 3.63) is 30.1 Å². The van der Waals surface area contributed by atoms with Crippen molar-refractivity contribution in [1.29, 1.82) is 0 Å². The maximum atomic E-state index is 12.1. The molecule has 0 saturated carbocycles. The molecule has 2 aromatic rings. The molecule has 1 aliphatic rings. The average Bonchev–Trinajstić information content (AvgIpc) is 3.10. The Balaban J connectivity index is 1.46. The van der Waals surface area contributed by atoms with Gasteiger partial charge in [0.2, 0.25) is 11.8 Å². The van der Waals surface area contributed by atoms with Gasteiger partial charge in [-0.15, -0.1) is 5.10 Å². The van der Waals surface area contributed by atoms with E-state index in [4.69, 9.17) is 4.52 Å². The number of nitrogens with zero attached hydrogens (tertiary/aromatic N) is 4. The van der Waals surface area contributed by atoms with E-state index in [0.29, 0.717) is 5.88 Å². The highest BCUT2D eigenvalue weighted by molar-refractivity contribution is 5.91. The summed E-state index contributed by atoms with van der Waals surface area (Å²) < 4.78 is 5.13. The smallest absolute Gasteiger partial charge is 0.240 e. The normalized spacial score (nSPS) is 17.7. The van der Waals surface area contributed by atoms with E-state index in [-0.39, 0.29) is 24.4 Å². The van der Waals surface area contributed by atoms with E-state index in [9.17, 15) is 4.79 Å². The molecule has 25 heavy (non-hydrogen) atoms. The van der Waals surface area contributed by atoms with Crippen LogP contribution < -0.4 is 15.5 Å². The third-order valence-electron chi connectivity index (χ3n) is 4.24. The lowest BCUT2D eigenvalue weighted by Gasteiger charge is -2.33. The summed E-state index contributed by atoms with van der Waals surface area (Å²) in [7, 11) is 0. The molecule has 0 unspecified atom stereocenters. The summed E-state index contributed by atoms with van der Waals surface area (Å²) in [5.74, 6) is 1.39. The number of amides is 1. The van der Waals surface area contributed by atoms with Gasteiger partial charge in [-0.25, -0.2) is 0 Å². The number of hydrogen-bond donors (Lipinski definition) is 2. The molecule has 0 radical (unpaired) electrons. The van der Waals surface area contributed by atoms with Crippen LogP contribution in [0.25, 0.3) is 0 Å². The SMILES string of the molecule is CC(C)c1cc(NC(=O)CN[C@@H]2CCCN(c3cccnn3)C2)on1. The molecule has 8 heteroatoms. The number of anilines is 2. The number of rotatable bonds is 6. The van der Waals surface area contributed by atoms with Crippen LogP contribution in [0.3, 0.4) is 0 Å². The summed E-state index contributed by atoms with van der Waals surface area (Å²) in [6.07, 6.45) is 3.75. The number of carbonyl (C=O) groups is 1. The van der Waals surface area contributed by atoms with Crippen LogP contribution in [0, 0.1) is 0 Å². The van der Waals surface area contributed by atoms with Crippen molar-refractivity contribution in [1.82, 2.24) is 20.7 Å². The molecule has 1 fully saturated rings. The second kappa shape index (κ2) is 8.06. The van der Waals surface area contributed by atoms with E-state index in [1.807, 2.05) is 26.0 Å². The second-order valence-electron chi connectivity index (χ2n) is 6.57. The predicted molar refractivity (Wildman–Crippen MR) is 94.5 cm³/mol. The van der Waals surface area contributed by atoms with Crippen molar-refractivity contribution in [3.63, 3.8) is 0 Å². The average molecular weight is 344 g/mol. The van der Waals surface area contributed by atoms with Crippen LogP contribution >= 0.6 is 0 Å². The highest BCUT2D eigenvalue weighted by Gasteiger charge is 2.21. The molecule has 0 aromatic carbocycles. The van der Waals surface area contributed by atoms with Gasteiger partial charge in [-0.2, -0.15) is 5.10 Å². The van der Waals surface area contributed by atoms with E-state index in [1.54, 1.807) is 12.3 Å². The number of nitrogens with one attached hydrogen (secondary N) is 2. The minimum absolute atomic E-state index is 0.136. The van der Waals surface area contributed by atoms with Crippen LogP contribution in [0.1, 0.15) is 38.3 Å². The molecule has 2 aromatic heterocycles. The zero-order chi connectivity index (χ0) is 17.6. The zero-order valence-electron chi connectivity index (χ0n) is 14.6. The van der Waals surface area contributed by atoms with Crippen molar-refractivity contribution in [2.75, 3.05) is 29.9 Å². The fourth-order valence-electron chi connectivity index (χ4n) is 2.85. The summed E-state index contributed by atoms with van der Waals surface area (Å²) in [6, 6.07) is 5.84. The Morgan fingerprint density at radius 3 is 3.08 bits per heavy atom. The second-order valence-corrected chi connectivity index (χ2v) is 6.57. The summed E-state index contributed by atoms with van der Waals surface area (Å²) in [4.78, 5) is 14.3. The first-order valence-corrected chi connectivity index (χ1v) is 8.64. The molecule has 0 spiro atoms. The Morgan fingerprint density at radius 2 is 2.36 bits per heavy atom. The third kappa shape index (κ3) is 4.76. The standard InChI is InChI=1S/C17H24N6O2/c1-12(2)14-9-17(25-22-14)20-16(24)10-18-13-5-4-8-23(11-13)15-6-3-7-19-21-15/h3,6-7,9,12-13,18H,4-5,8,10-11H2,1-2H3,(H,20,24)/t13-/m1/s1. The van der Waals surface area contributed by atoms with Crippen LogP contribution in [-0.2, 0) is 4.79 Å². The summed E-state index contributed by atoms with van der Waals surface area (Å²) in [5.41, 5.74) is 0.829. The van der Waals surface area contributed by atoms with Gasteiger partial charge >= 0.3 is 0 Å². The molecule has 2 N–H and O–H groups in total. The van der Waals surface area contributed by atoms with Crippen molar-refractivity contribution in [2.45, 2.75) is 38.6 Å². The molecule has 134 valence electrons. The van der Waals surface area contributed by atoms with Gasteiger partial charge in [0.25, 0.3) is 0 Å². The van der Waals surface area contributed by atoms with Crippen molar-refractivity contribution < 1.29 is 9.32 Å². The Labute approximate surface area is 147 Å². The van der Waals surface area contributed by atoms with Gasteiger partial charge < -0.3 is 14.7 Å². The Bertz CT molecular complexity index is 687. The summed E-state index contributed by atoms with van der Waals surface area (Å²) in [6.45, 7) is 6.05. The number of piperidine rings is 1. The van der Waals surface area contributed by atoms with E-state index in [1.165, 1.54) is 0 Å². The number of aromatic nitrogens is 3. The lowest BCUT2D eigenvalue weighted by molar-refractivity contribution is -0.115. The monoisotopic (exact) mass is 344 g/mol. The lowest BCUT2D eigenvalue weighted by Crippen LogP contribution is -2.48. The molecule has 1 saturated heterocycles. The third-order valence-corrected chi connectivity index (χ3v) is 4.24. The summed E-state index contributed by atoms with van der Waals surface area (Å²) >= 11 is 0. The van der Waals surface area contributed by atoms with Crippen LogP contribution in [0.5, 0.6) is 0 Å². The van der Waals surface area contributed by atoms with E-state index >= 15 is 0 Å². The largest absolute Gasteiger partial charge is 0.354 e. The van der Waals surface area contributed by atoms with E-state index in [2.05, 4.69) is 30.9 Å². The topological polar surface area (TPSA) is 96.2 Å². The number of carbonyl (C=O) groups excluding carboxylic acids is 1. The molecule has 3 heterocycles. The Hall–Kier alpha value is -2.48. The molecule has 1 atom stereocenters. The highest BCUT2D eigenvalue weighted by Crippen LogP contribution is 2.18. The minimum atomic E-state index is -0.136. The quantitative estimate of drug-likeness (QED) is 0.824.